The third-order valence-electron chi connectivity index (χ3n) is 2.34. The first-order chi connectivity index (χ1) is 4.73. The summed E-state index contributed by atoms with van der Waals surface area (Å²) in [6, 6.07) is 0. The number of hydrogen-bond donors (Lipinski definition) is 1. The van der Waals surface area contributed by atoms with E-state index in [0.29, 0.717) is 5.92 Å². The number of rotatable bonds is 1. The van der Waals surface area contributed by atoms with Crippen molar-refractivity contribution in [2.45, 2.75) is 18.9 Å². The van der Waals surface area contributed by atoms with Gasteiger partial charge in [0, 0.05) is 12.8 Å². The lowest BCUT2D eigenvalue weighted by Crippen LogP contribution is -2.37. The molecular formula is C7H11NO2. The fraction of sp³-hybridized carbons (Fsp3) is 0.857. The van der Waals surface area contributed by atoms with Gasteiger partial charge in [-0.3, -0.25) is 4.79 Å². The van der Waals surface area contributed by atoms with Crippen LogP contribution in [0.3, 0.4) is 0 Å². The number of hydrogen-bond acceptors (Lipinski definition) is 2. The van der Waals surface area contributed by atoms with E-state index in [-0.39, 0.29) is 11.4 Å². The molecule has 56 valence electrons. The molecule has 0 spiro atoms. The maximum absolute atomic E-state index is 10.7. The molecule has 2 fully saturated rings. The van der Waals surface area contributed by atoms with Crippen LogP contribution in [0.4, 0.5) is 0 Å². The van der Waals surface area contributed by atoms with Crippen LogP contribution in [0.2, 0.25) is 0 Å². The molecule has 2 atom stereocenters. The molecule has 2 rings (SSSR count). The van der Waals surface area contributed by atoms with Crippen LogP contribution >= 0.6 is 0 Å². The summed E-state index contributed by atoms with van der Waals surface area (Å²) in [6.45, 7) is 3.11. The van der Waals surface area contributed by atoms with E-state index in [9.17, 15) is 4.79 Å². The van der Waals surface area contributed by atoms with E-state index in [4.69, 9.17) is 4.74 Å². The number of ether oxygens (including phenoxy) is 1. The van der Waals surface area contributed by atoms with Crippen molar-refractivity contribution < 1.29 is 9.53 Å². The summed E-state index contributed by atoms with van der Waals surface area (Å²) >= 11 is 0. The number of carbonyl (C=O) groups is 1. The quantitative estimate of drug-likeness (QED) is 0.554. The molecule has 1 heterocycles. The molecule has 1 N–H and O–H groups in total. The Morgan fingerprint density at radius 2 is 2.60 bits per heavy atom. The SMILES string of the molecule is CC(=O)N[C@]12COC[C@H]1C2. The molecule has 0 unspecified atom stereocenters. The molecule has 10 heavy (non-hydrogen) atoms. The third-order valence-corrected chi connectivity index (χ3v) is 2.34. The summed E-state index contributed by atoms with van der Waals surface area (Å²) in [5, 5.41) is 2.93. The van der Waals surface area contributed by atoms with Crippen molar-refractivity contribution in [1.29, 1.82) is 0 Å². The first-order valence-electron chi connectivity index (χ1n) is 3.59. The van der Waals surface area contributed by atoms with E-state index in [2.05, 4.69) is 5.32 Å². The van der Waals surface area contributed by atoms with Crippen molar-refractivity contribution in [3.63, 3.8) is 0 Å². The second-order valence-electron chi connectivity index (χ2n) is 3.25. The number of carbonyl (C=O) groups excluding carboxylic acids is 1. The van der Waals surface area contributed by atoms with Crippen LogP contribution in [0.15, 0.2) is 0 Å². The summed E-state index contributed by atoms with van der Waals surface area (Å²) < 4.78 is 5.20. The van der Waals surface area contributed by atoms with Gasteiger partial charge in [-0.05, 0) is 6.42 Å². The summed E-state index contributed by atoms with van der Waals surface area (Å²) in [5.41, 5.74) is 0.0613. The monoisotopic (exact) mass is 141 g/mol. The van der Waals surface area contributed by atoms with Crippen LogP contribution in [0.5, 0.6) is 0 Å². The lowest BCUT2D eigenvalue weighted by Gasteiger charge is -2.10. The van der Waals surface area contributed by atoms with Crippen LogP contribution < -0.4 is 5.32 Å². The third kappa shape index (κ3) is 0.736. The zero-order chi connectivity index (χ0) is 7.19. The fourth-order valence-electron chi connectivity index (χ4n) is 1.70. The highest BCUT2D eigenvalue weighted by Gasteiger charge is 2.58. The number of amides is 1. The molecular weight excluding hydrogens is 130 g/mol. The van der Waals surface area contributed by atoms with Crippen LogP contribution in [0.25, 0.3) is 0 Å². The van der Waals surface area contributed by atoms with Crippen molar-refractivity contribution >= 4 is 5.91 Å². The smallest absolute Gasteiger partial charge is 0.217 e. The molecule has 0 bridgehead atoms. The highest BCUT2D eigenvalue weighted by Crippen LogP contribution is 2.48. The highest BCUT2D eigenvalue weighted by molar-refractivity contribution is 5.74. The zero-order valence-corrected chi connectivity index (χ0v) is 6.02. The van der Waals surface area contributed by atoms with Crippen LogP contribution in [-0.2, 0) is 9.53 Å². The van der Waals surface area contributed by atoms with E-state index in [1.807, 2.05) is 0 Å². The number of fused-ring (bicyclic) bond motifs is 1. The minimum absolute atomic E-state index is 0.0613. The predicted octanol–water partition coefficient (Wildman–Crippen LogP) is -0.0886. The largest absolute Gasteiger partial charge is 0.379 e. The first kappa shape index (κ1) is 6.16. The Bertz CT molecular complexity index is 180. The molecule has 0 aromatic carbocycles. The van der Waals surface area contributed by atoms with Crippen molar-refractivity contribution in [3.8, 4) is 0 Å². The normalized spacial score (nSPS) is 42.7. The first-order valence-corrected chi connectivity index (χ1v) is 3.59. The Kier molecular flexibility index (Phi) is 1.06. The molecule has 0 aromatic heterocycles. The molecule has 2 aliphatic rings. The average molecular weight is 141 g/mol. The van der Waals surface area contributed by atoms with E-state index >= 15 is 0 Å². The Labute approximate surface area is 59.7 Å². The van der Waals surface area contributed by atoms with Gasteiger partial charge in [0.1, 0.15) is 0 Å². The summed E-state index contributed by atoms with van der Waals surface area (Å²) in [6.07, 6.45) is 1.12. The molecule has 1 aliphatic carbocycles. The maximum atomic E-state index is 10.7. The Balaban J connectivity index is 1.99. The Morgan fingerprint density at radius 3 is 3.00 bits per heavy atom. The molecule has 0 radical (unpaired) electrons. The standard InChI is InChI=1S/C7H11NO2/c1-5(9)8-7-2-6(7)3-10-4-7/h6H,2-4H2,1H3,(H,8,9)/t6-,7-/m1/s1. The lowest BCUT2D eigenvalue weighted by atomic mass is 10.2. The Morgan fingerprint density at radius 1 is 1.80 bits per heavy atom. The minimum Gasteiger partial charge on any atom is -0.379 e. The minimum atomic E-state index is 0.0613. The van der Waals surface area contributed by atoms with E-state index in [1.54, 1.807) is 6.92 Å². The summed E-state index contributed by atoms with van der Waals surface area (Å²) in [7, 11) is 0. The molecule has 1 saturated carbocycles. The Hall–Kier alpha value is -0.570. The van der Waals surface area contributed by atoms with Gasteiger partial charge in [-0.2, -0.15) is 0 Å². The molecule has 1 aliphatic heterocycles. The topological polar surface area (TPSA) is 38.3 Å². The molecule has 3 heteroatoms. The van der Waals surface area contributed by atoms with Gasteiger partial charge in [0.25, 0.3) is 0 Å². The van der Waals surface area contributed by atoms with Crippen molar-refractivity contribution in [3.05, 3.63) is 0 Å². The van der Waals surface area contributed by atoms with Crippen LogP contribution in [0, 0.1) is 5.92 Å². The molecule has 1 saturated heterocycles. The van der Waals surface area contributed by atoms with Gasteiger partial charge < -0.3 is 10.1 Å². The molecule has 0 aromatic rings. The van der Waals surface area contributed by atoms with Crippen molar-refractivity contribution in [2.24, 2.45) is 5.92 Å². The molecule has 1 amide bonds. The highest BCUT2D eigenvalue weighted by atomic mass is 16.5. The average Bonchev–Trinajstić information content (AvgIpc) is 2.33. The zero-order valence-electron chi connectivity index (χ0n) is 6.02. The van der Waals surface area contributed by atoms with Gasteiger partial charge in [0.05, 0.1) is 18.8 Å². The lowest BCUT2D eigenvalue weighted by molar-refractivity contribution is -0.120. The summed E-state index contributed by atoms with van der Waals surface area (Å²) in [4.78, 5) is 10.7. The van der Waals surface area contributed by atoms with E-state index in [0.717, 1.165) is 19.6 Å². The van der Waals surface area contributed by atoms with Gasteiger partial charge in [0.15, 0.2) is 0 Å². The van der Waals surface area contributed by atoms with Gasteiger partial charge in [0.2, 0.25) is 5.91 Å². The van der Waals surface area contributed by atoms with Crippen LogP contribution in [0.1, 0.15) is 13.3 Å². The molecule has 3 nitrogen and oxygen atoms in total. The van der Waals surface area contributed by atoms with Crippen LogP contribution in [-0.4, -0.2) is 24.7 Å². The predicted molar refractivity (Wildman–Crippen MR) is 35.5 cm³/mol. The van der Waals surface area contributed by atoms with Gasteiger partial charge in [-0.15, -0.1) is 0 Å². The second-order valence-corrected chi connectivity index (χ2v) is 3.25. The van der Waals surface area contributed by atoms with E-state index in [1.165, 1.54) is 0 Å². The van der Waals surface area contributed by atoms with E-state index < -0.39 is 0 Å². The fourth-order valence-corrected chi connectivity index (χ4v) is 1.70. The maximum Gasteiger partial charge on any atom is 0.217 e. The number of nitrogens with one attached hydrogen (secondary N) is 1. The van der Waals surface area contributed by atoms with Crippen molar-refractivity contribution in [2.75, 3.05) is 13.2 Å². The second kappa shape index (κ2) is 1.72. The van der Waals surface area contributed by atoms with Gasteiger partial charge in [-0.1, -0.05) is 0 Å². The van der Waals surface area contributed by atoms with Crippen molar-refractivity contribution in [1.82, 2.24) is 5.32 Å². The summed E-state index contributed by atoms with van der Waals surface area (Å²) in [5.74, 6) is 0.671. The van der Waals surface area contributed by atoms with Gasteiger partial charge >= 0.3 is 0 Å². The van der Waals surface area contributed by atoms with Gasteiger partial charge in [-0.25, -0.2) is 0 Å².